The molecule has 1 aromatic rings. The number of carboxylic acid groups (broad SMARTS) is 1. The molecule has 0 unspecified atom stereocenters. The topological polar surface area (TPSA) is 246 Å². The molecule has 6 atom stereocenters. The number of aliphatic hydroxyl groups is 1. The fourth-order valence-electron chi connectivity index (χ4n) is 4.13. The quantitative estimate of drug-likeness (QED) is 0.0877. The molecule has 4 amide bonds. The van der Waals surface area contributed by atoms with Crippen LogP contribution in [0.15, 0.2) is 24.3 Å². The number of aromatic hydroxyl groups is 1. The van der Waals surface area contributed by atoms with E-state index in [-0.39, 0.29) is 30.4 Å². The third-order valence-corrected chi connectivity index (χ3v) is 7.19. The van der Waals surface area contributed by atoms with Gasteiger partial charge in [-0.05, 0) is 55.3 Å². The van der Waals surface area contributed by atoms with E-state index in [1.165, 1.54) is 12.1 Å². The summed E-state index contributed by atoms with van der Waals surface area (Å²) in [5.74, 6) is -4.66. The number of carbonyl (C=O) groups is 5. The third-order valence-electron chi connectivity index (χ3n) is 7.19. The predicted molar refractivity (Wildman–Crippen MR) is 159 cm³/mol. The molecule has 0 spiro atoms. The van der Waals surface area contributed by atoms with Crippen molar-refractivity contribution in [1.82, 2.24) is 21.3 Å². The summed E-state index contributed by atoms with van der Waals surface area (Å²) in [7, 11) is 0. The number of phenols is 1. The van der Waals surface area contributed by atoms with Gasteiger partial charge in [0.15, 0.2) is 0 Å². The summed E-state index contributed by atoms with van der Waals surface area (Å²) >= 11 is 0. The summed E-state index contributed by atoms with van der Waals surface area (Å²) in [5, 5.41) is 38.4. The zero-order chi connectivity index (χ0) is 32.7. The molecular weight excluding hydrogens is 560 g/mol. The number of hydrogen-bond donors (Lipinski definition) is 9. The second-order valence-electron chi connectivity index (χ2n) is 11.0. The van der Waals surface area contributed by atoms with E-state index in [0.717, 1.165) is 0 Å². The second kappa shape index (κ2) is 18.7. The first-order chi connectivity index (χ1) is 20.2. The molecule has 0 heterocycles. The molecule has 242 valence electrons. The number of carboxylic acids is 1. The Morgan fingerprint density at radius 1 is 0.814 bits per heavy atom. The van der Waals surface area contributed by atoms with Crippen molar-refractivity contribution in [2.75, 3.05) is 13.2 Å². The summed E-state index contributed by atoms with van der Waals surface area (Å²) < 4.78 is 0. The number of nitrogens with one attached hydrogen (secondary N) is 4. The highest BCUT2D eigenvalue weighted by Gasteiger charge is 2.33. The van der Waals surface area contributed by atoms with E-state index < -0.39 is 66.4 Å². The van der Waals surface area contributed by atoms with Crippen LogP contribution in [0, 0.1) is 11.8 Å². The highest BCUT2D eigenvalue weighted by molar-refractivity contribution is 5.95. The molecule has 0 saturated heterocycles. The Labute approximate surface area is 252 Å². The number of aliphatic hydroxyl groups excluding tert-OH is 1. The van der Waals surface area contributed by atoms with Crippen molar-refractivity contribution >= 4 is 29.6 Å². The van der Waals surface area contributed by atoms with E-state index >= 15 is 0 Å². The molecule has 14 nitrogen and oxygen atoms in total. The molecular formula is C29H48N6O8. The van der Waals surface area contributed by atoms with Gasteiger partial charge in [-0.25, -0.2) is 4.79 Å². The van der Waals surface area contributed by atoms with Crippen molar-refractivity contribution in [3.05, 3.63) is 29.8 Å². The number of amides is 4. The number of rotatable bonds is 19. The minimum absolute atomic E-state index is 0.00234. The average Bonchev–Trinajstić information content (AvgIpc) is 2.97. The van der Waals surface area contributed by atoms with Gasteiger partial charge in [-0.1, -0.05) is 46.2 Å². The zero-order valence-corrected chi connectivity index (χ0v) is 25.3. The van der Waals surface area contributed by atoms with Gasteiger partial charge in [-0.15, -0.1) is 0 Å². The Balaban J connectivity index is 3.27. The van der Waals surface area contributed by atoms with Crippen LogP contribution in [0.3, 0.4) is 0 Å². The van der Waals surface area contributed by atoms with Crippen LogP contribution in [0.4, 0.5) is 0 Å². The second-order valence-corrected chi connectivity index (χ2v) is 11.0. The largest absolute Gasteiger partial charge is 0.508 e. The minimum atomic E-state index is -1.58. The number of phenolic OH excluding ortho intramolecular Hbond substituents is 1. The zero-order valence-electron chi connectivity index (χ0n) is 25.3. The van der Waals surface area contributed by atoms with Crippen molar-refractivity contribution in [3.8, 4) is 5.75 Å². The van der Waals surface area contributed by atoms with Crippen molar-refractivity contribution < 1.29 is 39.3 Å². The van der Waals surface area contributed by atoms with E-state index in [2.05, 4.69) is 21.3 Å². The summed E-state index contributed by atoms with van der Waals surface area (Å²) in [4.78, 5) is 64.1. The summed E-state index contributed by atoms with van der Waals surface area (Å²) in [6.07, 6.45) is 1.70. The Morgan fingerprint density at radius 2 is 1.37 bits per heavy atom. The summed E-state index contributed by atoms with van der Waals surface area (Å²) in [6.45, 7) is 6.66. The van der Waals surface area contributed by atoms with Gasteiger partial charge in [0.05, 0.1) is 12.6 Å². The summed E-state index contributed by atoms with van der Waals surface area (Å²) in [5.41, 5.74) is 12.2. The molecule has 1 rings (SSSR count). The van der Waals surface area contributed by atoms with Crippen LogP contribution < -0.4 is 32.7 Å². The Hall–Kier alpha value is -3.75. The van der Waals surface area contributed by atoms with Crippen molar-refractivity contribution in [1.29, 1.82) is 0 Å². The van der Waals surface area contributed by atoms with E-state index in [9.17, 15) is 39.3 Å². The standard InChI is InChI=1S/C29H48N6O8/c1-5-17(4)23(31)27(40)35-24(16(2)3)28(41)33-21(14-18-9-11-19(37)12-10-18)26(39)32-20(8-6-7-13-30)25(38)34-22(15-36)29(42)43/h9-12,16-17,20-24,36-37H,5-8,13-15,30-31H2,1-4H3,(H,32,39)(H,33,41)(H,34,38)(H,35,40)(H,42,43)/t17-,20-,21-,22-,23-,24-/m0/s1. The Kier molecular flexibility index (Phi) is 16.2. The Bertz CT molecular complexity index is 1070. The number of carbonyl (C=O) groups excluding carboxylic acids is 4. The lowest BCUT2D eigenvalue weighted by Gasteiger charge is -2.28. The van der Waals surface area contributed by atoms with Crippen LogP contribution in [0.1, 0.15) is 58.9 Å². The van der Waals surface area contributed by atoms with E-state index in [1.54, 1.807) is 26.0 Å². The average molecular weight is 609 g/mol. The molecule has 0 aliphatic rings. The molecule has 43 heavy (non-hydrogen) atoms. The first-order valence-electron chi connectivity index (χ1n) is 14.5. The highest BCUT2D eigenvalue weighted by atomic mass is 16.4. The van der Waals surface area contributed by atoms with E-state index in [0.29, 0.717) is 31.4 Å². The van der Waals surface area contributed by atoms with Gasteiger partial charge in [0.1, 0.15) is 29.9 Å². The van der Waals surface area contributed by atoms with Gasteiger partial charge in [-0.2, -0.15) is 0 Å². The van der Waals surface area contributed by atoms with Gasteiger partial charge in [0.25, 0.3) is 0 Å². The smallest absolute Gasteiger partial charge is 0.328 e. The normalized spacial score (nSPS) is 15.3. The van der Waals surface area contributed by atoms with Gasteiger partial charge >= 0.3 is 5.97 Å². The van der Waals surface area contributed by atoms with Gasteiger partial charge in [0, 0.05) is 6.42 Å². The molecule has 11 N–H and O–H groups in total. The molecule has 0 radical (unpaired) electrons. The maximum Gasteiger partial charge on any atom is 0.328 e. The summed E-state index contributed by atoms with van der Waals surface area (Å²) in [6, 6.07) is 0.118. The van der Waals surface area contributed by atoms with Crippen LogP contribution in [-0.4, -0.2) is 88.3 Å². The van der Waals surface area contributed by atoms with Crippen molar-refractivity contribution in [3.63, 3.8) is 0 Å². The molecule has 0 aliphatic heterocycles. The fourth-order valence-corrected chi connectivity index (χ4v) is 4.13. The van der Waals surface area contributed by atoms with Crippen LogP contribution in [-0.2, 0) is 30.4 Å². The molecule has 0 fully saturated rings. The van der Waals surface area contributed by atoms with E-state index in [1.807, 2.05) is 13.8 Å². The van der Waals surface area contributed by atoms with Gasteiger partial charge in [-0.3, -0.25) is 19.2 Å². The molecule has 1 aromatic carbocycles. The fraction of sp³-hybridized carbons (Fsp3) is 0.621. The molecule has 0 aromatic heterocycles. The monoisotopic (exact) mass is 608 g/mol. The van der Waals surface area contributed by atoms with Crippen LogP contribution in [0.2, 0.25) is 0 Å². The molecule has 0 aliphatic carbocycles. The van der Waals surface area contributed by atoms with Crippen LogP contribution in [0.5, 0.6) is 5.75 Å². The molecule has 0 saturated carbocycles. The maximum absolute atomic E-state index is 13.6. The molecule has 14 heteroatoms. The SMILES string of the molecule is CC[C@H](C)[C@H](N)C(=O)N[C@H](C(=O)N[C@@H](Cc1ccc(O)cc1)C(=O)N[C@@H](CCCCN)C(=O)N[C@@H](CO)C(=O)O)C(C)C. The maximum atomic E-state index is 13.6. The van der Waals surface area contributed by atoms with Crippen molar-refractivity contribution in [2.24, 2.45) is 23.3 Å². The first-order valence-corrected chi connectivity index (χ1v) is 14.5. The predicted octanol–water partition coefficient (Wildman–Crippen LogP) is -0.891. The minimum Gasteiger partial charge on any atom is -0.508 e. The number of nitrogens with two attached hydrogens (primary N) is 2. The van der Waals surface area contributed by atoms with Crippen LogP contribution in [0.25, 0.3) is 0 Å². The number of aliphatic carboxylic acids is 1. The number of unbranched alkanes of at least 4 members (excludes halogenated alkanes) is 1. The first kappa shape index (κ1) is 37.3. The lowest BCUT2D eigenvalue weighted by molar-refractivity contribution is -0.143. The van der Waals surface area contributed by atoms with Crippen LogP contribution >= 0.6 is 0 Å². The number of hydrogen-bond acceptors (Lipinski definition) is 9. The lowest BCUT2D eigenvalue weighted by atomic mass is 9.97. The highest BCUT2D eigenvalue weighted by Crippen LogP contribution is 2.13. The Morgan fingerprint density at radius 3 is 1.88 bits per heavy atom. The van der Waals surface area contributed by atoms with E-state index in [4.69, 9.17) is 11.5 Å². The van der Waals surface area contributed by atoms with Gasteiger partial charge in [0.2, 0.25) is 23.6 Å². The lowest BCUT2D eigenvalue weighted by Crippen LogP contribution is -2.60. The number of benzene rings is 1. The van der Waals surface area contributed by atoms with Crippen molar-refractivity contribution in [2.45, 2.75) is 90.0 Å². The van der Waals surface area contributed by atoms with Gasteiger partial charge < -0.3 is 48.1 Å². The third kappa shape index (κ3) is 12.6. The molecule has 0 bridgehead atoms.